The smallest absolute Gasteiger partial charge is 0.200 e. The zero-order valence-corrected chi connectivity index (χ0v) is 25.7. The average molecular weight is 662 g/mol. The van der Waals surface area contributed by atoms with E-state index < -0.39 is 85.4 Å². The van der Waals surface area contributed by atoms with Gasteiger partial charge in [-0.05, 0) is 63.8 Å². The largest absolute Gasteiger partial charge is 0.278 e. The summed E-state index contributed by atoms with van der Waals surface area (Å²) in [5.74, 6) is -25.0. The Kier molecular flexibility index (Phi) is 9.48. The van der Waals surface area contributed by atoms with Crippen LogP contribution in [-0.4, -0.2) is 0 Å². The molecule has 232 valence electrons. The molecule has 0 aromatic heterocycles. The fourth-order valence-electron chi connectivity index (χ4n) is 4.95. The van der Waals surface area contributed by atoms with Gasteiger partial charge in [0.1, 0.15) is 8.52 Å². The maximum Gasteiger partial charge on any atom is 0.200 e. The van der Waals surface area contributed by atoms with E-state index in [1.54, 1.807) is 52.0 Å². The van der Waals surface area contributed by atoms with Crippen LogP contribution in [0.1, 0.15) is 33.4 Å². The first-order chi connectivity index (χ1) is 20.5. The Labute approximate surface area is 249 Å². The summed E-state index contributed by atoms with van der Waals surface area (Å²) in [4.78, 5) is 0. The zero-order chi connectivity index (χ0) is 32.9. The number of nitrogens with zero attached hydrogens (tertiary/aromatic N) is 2. The van der Waals surface area contributed by atoms with Crippen molar-refractivity contribution in [3.8, 4) is 0 Å². The van der Waals surface area contributed by atoms with Crippen molar-refractivity contribution in [2.75, 3.05) is 4.44 Å². The Balaban J connectivity index is 2.24. The molecule has 0 fully saturated rings. The molecule has 0 saturated carbocycles. The lowest BCUT2D eigenvalue weighted by Gasteiger charge is -2.33. The van der Waals surface area contributed by atoms with Crippen LogP contribution in [0.15, 0.2) is 29.0 Å². The summed E-state index contributed by atoms with van der Waals surface area (Å²) in [6.45, 7) is 9.83. The van der Waals surface area contributed by atoms with Gasteiger partial charge in [-0.15, -0.1) is 0 Å². The van der Waals surface area contributed by atoms with Crippen molar-refractivity contribution < 1.29 is 43.9 Å². The molecule has 0 aliphatic heterocycles. The molecule has 0 heterocycles. The number of halogens is 10. The topological polar surface area (TPSA) is 15.6 Å². The fourth-order valence-corrected chi connectivity index (χ4v) is 9.08. The van der Waals surface area contributed by atoms with E-state index in [9.17, 15) is 26.3 Å². The van der Waals surface area contributed by atoms with E-state index in [1.165, 1.54) is 13.8 Å². The summed E-state index contributed by atoms with van der Waals surface area (Å²) in [6.07, 6.45) is 0. The van der Waals surface area contributed by atoms with Gasteiger partial charge in [0.2, 0.25) is 11.6 Å². The Morgan fingerprint density at radius 3 is 1.11 bits per heavy atom. The van der Waals surface area contributed by atoms with E-state index in [0.29, 0.717) is 33.5 Å². The van der Waals surface area contributed by atoms with Gasteiger partial charge >= 0.3 is 0 Å². The first-order valence-electron chi connectivity index (χ1n) is 12.7. The van der Waals surface area contributed by atoms with Crippen molar-refractivity contribution in [3.63, 3.8) is 0 Å². The van der Waals surface area contributed by atoms with Crippen molar-refractivity contribution in [3.05, 3.63) is 116 Å². The SMILES string of the molecule is Cc1cc(C)c(N=PN(c2c(C)cc(C)cc2C)P(c2c(F)c(F)c(F)c(F)c2F)c2c(F)c(F)c(F)c(F)c2F)c(C)c1. The molecule has 0 atom stereocenters. The summed E-state index contributed by atoms with van der Waals surface area (Å²) in [5, 5.41) is -3.56. The van der Waals surface area contributed by atoms with Crippen molar-refractivity contribution in [1.29, 1.82) is 0 Å². The third-order valence-corrected chi connectivity index (χ3v) is 10.3. The van der Waals surface area contributed by atoms with Gasteiger partial charge in [0.05, 0.1) is 30.1 Å². The maximum atomic E-state index is 15.5. The fraction of sp³-hybridized carbons (Fsp3) is 0.200. The van der Waals surface area contributed by atoms with Crippen LogP contribution in [0, 0.1) is 99.7 Å². The quantitative estimate of drug-likeness (QED) is 0.0869. The van der Waals surface area contributed by atoms with E-state index in [4.69, 9.17) is 0 Å². The Hall–Kier alpha value is -3.49. The highest BCUT2D eigenvalue weighted by atomic mass is 31.2. The third-order valence-electron chi connectivity index (χ3n) is 6.69. The molecule has 44 heavy (non-hydrogen) atoms. The van der Waals surface area contributed by atoms with Gasteiger partial charge in [0.15, 0.2) is 46.5 Å². The second kappa shape index (κ2) is 12.5. The number of anilines is 1. The molecular formula is C30H22F10N2P2. The zero-order valence-electron chi connectivity index (χ0n) is 23.9. The highest BCUT2D eigenvalue weighted by molar-refractivity contribution is 7.80. The lowest BCUT2D eigenvalue weighted by atomic mass is 10.1. The maximum absolute atomic E-state index is 15.5. The predicted molar refractivity (Wildman–Crippen MR) is 151 cm³/mol. The number of hydrogen-bond donors (Lipinski definition) is 0. The van der Waals surface area contributed by atoms with Crippen LogP contribution in [0.2, 0.25) is 0 Å². The van der Waals surface area contributed by atoms with Crippen molar-refractivity contribution in [2.24, 2.45) is 4.74 Å². The standard InChI is InChI=1S/C30H22F10N2P2/c1-11-7-13(3)27(14(4)8-11)41-43-42(28-15(5)9-12(2)10-16(28)6)44(29-23(37)19(33)17(31)20(34)24(29)38)30-25(39)21(35)18(32)22(36)26(30)40/h7-10H,1-6H3. The average Bonchev–Trinajstić information content (AvgIpc) is 2.94. The van der Waals surface area contributed by atoms with Crippen LogP contribution < -0.4 is 15.1 Å². The minimum Gasteiger partial charge on any atom is -0.278 e. The van der Waals surface area contributed by atoms with Crippen molar-refractivity contribution >= 4 is 38.6 Å². The molecule has 2 nitrogen and oxygen atoms in total. The summed E-state index contributed by atoms with van der Waals surface area (Å²) in [6, 6.07) is 6.59. The van der Waals surface area contributed by atoms with Crippen LogP contribution in [-0.2, 0) is 0 Å². The minimum atomic E-state index is -3.79. The van der Waals surface area contributed by atoms with Crippen LogP contribution in [0.3, 0.4) is 0 Å². The highest BCUT2D eigenvalue weighted by Gasteiger charge is 2.41. The molecule has 0 N–H and O–H groups in total. The van der Waals surface area contributed by atoms with Gasteiger partial charge in [0.25, 0.3) is 0 Å². The molecule has 0 unspecified atom stereocenters. The Morgan fingerprint density at radius 1 is 0.477 bits per heavy atom. The first-order valence-corrected chi connectivity index (χ1v) is 14.8. The van der Waals surface area contributed by atoms with E-state index in [0.717, 1.165) is 10.0 Å². The van der Waals surface area contributed by atoms with E-state index in [2.05, 4.69) is 4.74 Å². The molecule has 4 aromatic carbocycles. The second-order valence-electron chi connectivity index (χ2n) is 10.1. The molecule has 0 saturated heterocycles. The molecule has 0 spiro atoms. The molecule has 0 aliphatic rings. The van der Waals surface area contributed by atoms with Gasteiger partial charge < -0.3 is 0 Å². The predicted octanol–water partition coefficient (Wildman–Crippen LogP) is 10.2. The number of benzene rings is 4. The molecule has 0 radical (unpaired) electrons. The molecular weight excluding hydrogens is 640 g/mol. The highest BCUT2D eigenvalue weighted by Crippen LogP contribution is 2.53. The molecule has 0 amide bonds. The molecule has 4 aromatic rings. The summed E-state index contributed by atoms with van der Waals surface area (Å²) < 4.78 is 154. The third kappa shape index (κ3) is 5.70. The second-order valence-corrected chi connectivity index (χ2v) is 13.1. The van der Waals surface area contributed by atoms with Crippen LogP contribution in [0.25, 0.3) is 0 Å². The van der Waals surface area contributed by atoms with Crippen molar-refractivity contribution in [1.82, 2.24) is 0 Å². The van der Waals surface area contributed by atoms with Gasteiger partial charge in [-0.1, -0.05) is 35.4 Å². The summed E-state index contributed by atoms with van der Waals surface area (Å²) in [7, 11) is -4.19. The number of rotatable bonds is 6. The van der Waals surface area contributed by atoms with Gasteiger partial charge in [-0.2, -0.15) is 0 Å². The molecule has 0 bridgehead atoms. The van der Waals surface area contributed by atoms with E-state index >= 15 is 17.6 Å². The van der Waals surface area contributed by atoms with Crippen LogP contribution in [0.4, 0.5) is 55.3 Å². The van der Waals surface area contributed by atoms with Gasteiger partial charge in [-0.25, -0.2) is 48.6 Å². The summed E-state index contributed by atoms with van der Waals surface area (Å²) in [5.41, 5.74) is 3.58. The van der Waals surface area contributed by atoms with Gasteiger partial charge in [-0.3, -0.25) is 4.44 Å². The normalized spacial score (nSPS) is 11.8. The van der Waals surface area contributed by atoms with E-state index in [-0.39, 0.29) is 5.69 Å². The Morgan fingerprint density at radius 2 is 0.773 bits per heavy atom. The monoisotopic (exact) mass is 662 g/mol. The lowest BCUT2D eigenvalue weighted by molar-refractivity contribution is 0.383. The van der Waals surface area contributed by atoms with Crippen LogP contribution >= 0.6 is 16.6 Å². The first kappa shape index (κ1) is 33.4. The van der Waals surface area contributed by atoms with E-state index in [1.807, 2.05) is 0 Å². The molecule has 14 heteroatoms. The number of aryl methyl sites for hydroxylation is 6. The van der Waals surface area contributed by atoms with Crippen LogP contribution in [0.5, 0.6) is 0 Å². The van der Waals surface area contributed by atoms with Gasteiger partial charge in [0, 0.05) is 0 Å². The van der Waals surface area contributed by atoms with Crippen molar-refractivity contribution in [2.45, 2.75) is 41.5 Å². The number of hydrogen-bond acceptors (Lipinski definition) is 1. The summed E-state index contributed by atoms with van der Waals surface area (Å²) >= 11 is 0. The minimum absolute atomic E-state index is 0.0394. The molecule has 4 rings (SSSR count). The lowest BCUT2D eigenvalue weighted by Crippen LogP contribution is -2.34. The Bertz CT molecular complexity index is 1690. The molecule has 0 aliphatic carbocycles.